The number of carbonyl (C=O) groups excluding carboxylic acids is 1. The molecule has 2 aromatic rings. The fourth-order valence-electron chi connectivity index (χ4n) is 4.24. The predicted molar refractivity (Wildman–Crippen MR) is 111 cm³/mol. The molecule has 7 heteroatoms. The normalized spacial score (nSPS) is 21.3. The minimum absolute atomic E-state index is 0.0226. The summed E-state index contributed by atoms with van der Waals surface area (Å²) in [6.45, 7) is 6.91. The Morgan fingerprint density at radius 2 is 2.11 bits per heavy atom. The number of hydrogen-bond donors (Lipinski definition) is 2. The quantitative estimate of drug-likeness (QED) is 0.556. The first-order valence-corrected chi connectivity index (χ1v) is 10.6. The van der Waals surface area contributed by atoms with Crippen LogP contribution in [0, 0.1) is 21.4 Å². The van der Waals surface area contributed by atoms with Crippen molar-refractivity contribution < 1.29 is 9.72 Å². The van der Waals surface area contributed by atoms with E-state index < -0.39 is 11.1 Å². The van der Waals surface area contributed by atoms with E-state index in [-0.39, 0.29) is 11.6 Å². The van der Waals surface area contributed by atoms with Gasteiger partial charge in [-0.05, 0) is 36.2 Å². The van der Waals surface area contributed by atoms with Gasteiger partial charge >= 0.3 is 0 Å². The maximum absolute atomic E-state index is 12.9. The number of nitro benzene ring substituents is 1. The van der Waals surface area contributed by atoms with Crippen molar-refractivity contribution in [3.05, 3.63) is 55.9 Å². The molecule has 0 saturated carbocycles. The van der Waals surface area contributed by atoms with E-state index in [2.05, 4.69) is 31.4 Å². The molecule has 2 N–H and O–H groups in total. The zero-order valence-electron chi connectivity index (χ0n) is 16.4. The number of carbonyl (C=O) groups is 1. The summed E-state index contributed by atoms with van der Waals surface area (Å²) in [5.74, 6) is 0.539. The number of nitro groups is 1. The van der Waals surface area contributed by atoms with Crippen LogP contribution in [0.25, 0.3) is 0 Å². The highest BCUT2D eigenvalue weighted by atomic mass is 32.1. The minimum atomic E-state index is -0.456. The van der Waals surface area contributed by atoms with Gasteiger partial charge in [-0.3, -0.25) is 14.9 Å². The largest absolute Gasteiger partial charge is 0.353 e. The molecule has 1 aliphatic carbocycles. The van der Waals surface area contributed by atoms with Crippen LogP contribution in [-0.2, 0) is 12.8 Å². The maximum Gasteiger partial charge on any atom is 0.269 e. The van der Waals surface area contributed by atoms with Gasteiger partial charge in [0, 0.05) is 22.6 Å². The predicted octanol–water partition coefficient (Wildman–Crippen LogP) is 5.05. The van der Waals surface area contributed by atoms with Gasteiger partial charge in [0.1, 0.15) is 11.2 Å². The third-order valence-corrected chi connectivity index (χ3v) is 7.66. The number of rotatable bonds is 4. The second kappa shape index (κ2) is 6.88. The molecule has 1 aromatic heterocycles. The molecule has 1 aromatic carbocycles. The third-order valence-electron chi connectivity index (χ3n) is 6.47. The van der Waals surface area contributed by atoms with Crippen molar-refractivity contribution >= 4 is 27.9 Å². The first kappa shape index (κ1) is 18.9. The Bertz CT molecular complexity index is 950. The number of nitrogens with one attached hydrogen (secondary N) is 2. The molecule has 0 saturated heterocycles. The Morgan fingerprint density at radius 3 is 2.82 bits per heavy atom. The molecule has 2 heterocycles. The zero-order valence-corrected chi connectivity index (χ0v) is 17.2. The summed E-state index contributed by atoms with van der Waals surface area (Å²) < 4.78 is 0. The summed E-state index contributed by atoms with van der Waals surface area (Å²) in [7, 11) is 0. The molecule has 0 fully saturated rings. The summed E-state index contributed by atoms with van der Waals surface area (Å²) in [5, 5.41) is 18.3. The second-order valence-electron chi connectivity index (χ2n) is 8.39. The number of amides is 1. The topological polar surface area (TPSA) is 84.3 Å². The Hall–Kier alpha value is -2.41. The van der Waals surface area contributed by atoms with Crippen molar-refractivity contribution in [1.82, 2.24) is 5.32 Å². The minimum Gasteiger partial charge on any atom is -0.353 e. The molecule has 28 heavy (non-hydrogen) atoms. The zero-order chi connectivity index (χ0) is 20.1. The van der Waals surface area contributed by atoms with Crippen LogP contribution in [0.5, 0.6) is 0 Å². The Balaban J connectivity index is 1.63. The summed E-state index contributed by atoms with van der Waals surface area (Å²) in [6.07, 6.45) is 3.75. The number of anilines is 1. The van der Waals surface area contributed by atoms with E-state index in [1.54, 1.807) is 23.5 Å². The lowest BCUT2D eigenvalue weighted by atomic mass is 9.69. The molecule has 6 nitrogen and oxygen atoms in total. The summed E-state index contributed by atoms with van der Waals surface area (Å²) in [4.78, 5) is 24.8. The van der Waals surface area contributed by atoms with Gasteiger partial charge in [-0.25, -0.2) is 0 Å². The number of hydrogen-bond acceptors (Lipinski definition) is 5. The van der Waals surface area contributed by atoms with Gasteiger partial charge in [0.05, 0.1) is 10.5 Å². The summed E-state index contributed by atoms with van der Waals surface area (Å²) in [5.41, 5.74) is 2.96. The van der Waals surface area contributed by atoms with E-state index in [9.17, 15) is 14.9 Å². The lowest BCUT2D eigenvalue weighted by Gasteiger charge is -2.36. The molecule has 0 spiro atoms. The number of nitrogens with zero attached hydrogens (tertiary/aromatic N) is 1. The van der Waals surface area contributed by atoms with Crippen molar-refractivity contribution in [3.63, 3.8) is 0 Å². The van der Waals surface area contributed by atoms with Crippen LogP contribution in [0.3, 0.4) is 0 Å². The number of non-ortho nitro benzene ring substituents is 1. The van der Waals surface area contributed by atoms with Crippen LogP contribution in [0.1, 0.15) is 66.1 Å². The van der Waals surface area contributed by atoms with E-state index in [1.165, 1.54) is 22.6 Å². The monoisotopic (exact) mass is 399 g/mol. The number of benzene rings is 1. The van der Waals surface area contributed by atoms with Gasteiger partial charge in [-0.2, -0.15) is 0 Å². The Labute approximate surface area is 168 Å². The fraction of sp³-hybridized carbons (Fsp3) is 0.476. The van der Waals surface area contributed by atoms with Crippen molar-refractivity contribution in [2.75, 3.05) is 5.32 Å². The lowest BCUT2D eigenvalue weighted by Crippen LogP contribution is -2.38. The Kier molecular flexibility index (Phi) is 4.65. The van der Waals surface area contributed by atoms with E-state index in [0.29, 0.717) is 16.9 Å². The second-order valence-corrected chi connectivity index (χ2v) is 9.50. The highest BCUT2D eigenvalue weighted by Crippen LogP contribution is 2.47. The Morgan fingerprint density at radius 1 is 1.32 bits per heavy atom. The van der Waals surface area contributed by atoms with Crippen LogP contribution < -0.4 is 10.6 Å². The van der Waals surface area contributed by atoms with Gasteiger partial charge in [0.25, 0.3) is 11.6 Å². The first-order valence-electron chi connectivity index (χ1n) is 9.76. The van der Waals surface area contributed by atoms with Crippen LogP contribution in [0.4, 0.5) is 10.7 Å². The average Bonchev–Trinajstić information content (AvgIpc) is 3.06. The molecule has 2 aliphatic rings. The molecule has 4 rings (SSSR count). The van der Waals surface area contributed by atoms with E-state index in [0.717, 1.165) is 36.2 Å². The molecule has 0 radical (unpaired) electrons. The van der Waals surface area contributed by atoms with Gasteiger partial charge in [-0.15, -0.1) is 11.3 Å². The average molecular weight is 400 g/mol. The standard InChI is InChI=1S/C21H25N3O3S/c1-4-21(2,3)13-8-9-15-16(11-13)28-20-17(15)19(25)22-18(23-20)12-6-5-7-14(10-12)24(26)27/h5-7,10,13,18,23H,4,8-9,11H2,1-3H3,(H,22,25). The molecule has 2 unspecified atom stereocenters. The highest BCUT2D eigenvalue weighted by molar-refractivity contribution is 7.16. The third kappa shape index (κ3) is 3.17. The van der Waals surface area contributed by atoms with Gasteiger partial charge in [-0.1, -0.05) is 39.3 Å². The van der Waals surface area contributed by atoms with Gasteiger partial charge in [0.15, 0.2) is 0 Å². The smallest absolute Gasteiger partial charge is 0.269 e. The molecular formula is C21H25N3O3S. The molecule has 148 valence electrons. The van der Waals surface area contributed by atoms with Crippen LogP contribution >= 0.6 is 11.3 Å². The molecule has 0 bridgehead atoms. The van der Waals surface area contributed by atoms with Crippen LogP contribution in [0.15, 0.2) is 24.3 Å². The first-order chi connectivity index (χ1) is 13.3. The maximum atomic E-state index is 12.9. The van der Waals surface area contributed by atoms with E-state index in [4.69, 9.17) is 0 Å². The lowest BCUT2D eigenvalue weighted by molar-refractivity contribution is -0.384. The van der Waals surface area contributed by atoms with Crippen molar-refractivity contribution in [2.24, 2.45) is 11.3 Å². The van der Waals surface area contributed by atoms with Gasteiger partial charge in [0.2, 0.25) is 0 Å². The number of fused-ring (bicyclic) bond motifs is 3. The number of thiophene rings is 1. The molecular weight excluding hydrogens is 374 g/mol. The van der Waals surface area contributed by atoms with Crippen molar-refractivity contribution in [1.29, 1.82) is 0 Å². The molecule has 1 amide bonds. The molecule has 1 aliphatic heterocycles. The fourth-order valence-corrected chi connectivity index (χ4v) is 5.59. The van der Waals surface area contributed by atoms with Crippen LogP contribution in [0.2, 0.25) is 0 Å². The van der Waals surface area contributed by atoms with Gasteiger partial charge < -0.3 is 10.6 Å². The summed E-state index contributed by atoms with van der Waals surface area (Å²) >= 11 is 1.67. The van der Waals surface area contributed by atoms with Crippen molar-refractivity contribution in [2.45, 2.75) is 52.6 Å². The SMILES string of the molecule is CCC(C)(C)C1CCc2c(sc3c2C(=O)NC(c2cccc([N+](=O)[O-])c2)N3)C1. The summed E-state index contributed by atoms with van der Waals surface area (Å²) in [6, 6.07) is 6.41. The van der Waals surface area contributed by atoms with Crippen molar-refractivity contribution in [3.8, 4) is 0 Å². The van der Waals surface area contributed by atoms with Crippen LogP contribution in [-0.4, -0.2) is 10.8 Å². The van der Waals surface area contributed by atoms with E-state index in [1.807, 2.05) is 0 Å². The highest BCUT2D eigenvalue weighted by Gasteiger charge is 2.37. The molecule has 2 atom stereocenters. The van der Waals surface area contributed by atoms with E-state index >= 15 is 0 Å².